The second kappa shape index (κ2) is 10.5. The lowest BCUT2D eigenvalue weighted by molar-refractivity contribution is 1.48. The first kappa shape index (κ1) is 13.4. The van der Waals surface area contributed by atoms with Gasteiger partial charge in [-0.1, -0.05) is 72.3 Å². The summed E-state index contributed by atoms with van der Waals surface area (Å²) in [7, 11) is 1.50. The van der Waals surface area contributed by atoms with Gasteiger partial charge in [-0.25, -0.2) is 0 Å². The van der Waals surface area contributed by atoms with Crippen molar-refractivity contribution in [2.24, 2.45) is 5.73 Å². The van der Waals surface area contributed by atoms with Crippen LogP contribution in [0.3, 0.4) is 0 Å². The molecule has 0 heterocycles. The first-order valence-corrected chi connectivity index (χ1v) is 4.99. The average Bonchev–Trinajstić information content (AvgIpc) is 2.36. The van der Waals surface area contributed by atoms with E-state index in [9.17, 15) is 0 Å². The van der Waals surface area contributed by atoms with Crippen LogP contribution in [-0.4, -0.2) is 7.05 Å². The molecule has 0 amide bonds. The summed E-state index contributed by atoms with van der Waals surface area (Å²) in [6.07, 6.45) is 0. The van der Waals surface area contributed by atoms with Crippen molar-refractivity contribution in [2.45, 2.75) is 6.92 Å². The molecule has 0 aliphatic carbocycles. The first-order valence-electron chi connectivity index (χ1n) is 4.99. The van der Waals surface area contributed by atoms with E-state index in [0.717, 1.165) is 0 Å². The van der Waals surface area contributed by atoms with Crippen LogP contribution in [0, 0.1) is 6.92 Å². The molecule has 0 unspecified atom stereocenters. The number of aryl methyl sites for hydroxylation is 1. The highest BCUT2D eigenvalue weighted by atomic mass is 14.4. The van der Waals surface area contributed by atoms with Crippen LogP contribution in [0.25, 0.3) is 0 Å². The Bertz CT molecular complexity index is 276. The zero-order valence-corrected chi connectivity index (χ0v) is 9.43. The molecule has 2 rings (SSSR count). The van der Waals surface area contributed by atoms with Gasteiger partial charge in [0, 0.05) is 0 Å². The molecule has 2 N–H and O–H groups in total. The molecule has 2 aromatic carbocycles. The molecular formula is C14H19N. The minimum absolute atomic E-state index is 1.32. The van der Waals surface area contributed by atoms with Gasteiger partial charge in [0.25, 0.3) is 0 Å². The second-order valence-corrected chi connectivity index (χ2v) is 2.81. The third kappa shape index (κ3) is 8.72. The Morgan fingerprint density at radius 3 is 1.07 bits per heavy atom. The van der Waals surface area contributed by atoms with E-state index in [2.05, 4.69) is 24.8 Å². The summed E-state index contributed by atoms with van der Waals surface area (Å²) in [5, 5.41) is 0. The maximum absolute atomic E-state index is 4.50. The second-order valence-electron chi connectivity index (χ2n) is 2.81. The van der Waals surface area contributed by atoms with Gasteiger partial charge in [0.15, 0.2) is 0 Å². The van der Waals surface area contributed by atoms with Crippen LogP contribution >= 0.6 is 0 Å². The molecule has 0 aliphatic heterocycles. The predicted molar refractivity (Wildman–Crippen MR) is 67.7 cm³/mol. The van der Waals surface area contributed by atoms with Crippen molar-refractivity contribution in [3.63, 3.8) is 0 Å². The summed E-state index contributed by atoms with van der Waals surface area (Å²) in [6, 6.07) is 22.3. The molecule has 0 atom stereocenters. The zero-order valence-electron chi connectivity index (χ0n) is 9.43. The predicted octanol–water partition coefficient (Wildman–Crippen LogP) is 3.26. The number of hydrogen-bond acceptors (Lipinski definition) is 1. The lowest BCUT2D eigenvalue weighted by Gasteiger charge is -1.82. The molecule has 0 fully saturated rings. The normalized spacial score (nSPS) is 7.67. The Kier molecular flexibility index (Phi) is 9.36. The average molecular weight is 201 g/mol. The van der Waals surface area contributed by atoms with Crippen LogP contribution in [0.5, 0.6) is 0 Å². The van der Waals surface area contributed by atoms with E-state index >= 15 is 0 Å². The Morgan fingerprint density at radius 2 is 0.867 bits per heavy atom. The lowest BCUT2D eigenvalue weighted by Crippen LogP contribution is -1.69. The summed E-state index contributed by atoms with van der Waals surface area (Å²) in [5.74, 6) is 0. The lowest BCUT2D eigenvalue weighted by atomic mass is 10.2. The highest BCUT2D eigenvalue weighted by Crippen LogP contribution is 1.92. The topological polar surface area (TPSA) is 26.0 Å². The molecule has 1 nitrogen and oxygen atoms in total. The van der Waals surface area contributed by atoms with Gasteiger partial charge in [0.1, 0.15) is 0 Å². The van der Waals surface area contributed by atoms with Crippen molar-refractivity contribution in [1.82, 2.24) is 0 Å². The number of nitrogens with two attached hydrogens (primary N) is 1. The van der Waals surface area contributed by atoms with Crippen molar-refractivity contribution in [1.29, 1.82) is 0 Å². The largest absolute Gasteiger partial charge is 0.333 e. The maximum Gasteiger partial charge on any atom is -0.0195 e. The van der Waals surface area contributed by atoms with Crippen LogP contribution in [0.2, 0.25) is 0 Å². The van der Waals surface area contributed by atoms with Crippen LogP contribution < -0.4 is 5.73 Å². The first-order chi connectivity index (χ1) is 7.39. The molecule has 0 bridgehead atoms. The van der Waals surface area contributed by atoms with E-state index in [-0.39, 0.29) is 0 Å². The molecule has 0 saturated carbocycles. The monoisotopic (exact) mass is 201 g/mol. The molecule has 15 heavy (non-hydrogen) atoms. The standard InChI is InChI=1S/C7H8.C6H6.CH5N/c1-7-5-3-2-4-6-7;1-2-4-6-5-3-1;1-2/h2-6H,1H3;1-6H;2H2,1H3. The quantitative estimate of drug-likeness (QED) is 0.695. The summed E-state index contributed by atoms with van der Waals surface area (Å²) in [4.78, 5) is 0. The van der Waals surface area contributed by atoms with E-state index in [1.54, 1.807) is 0 Å². The molecule has 2 aromatic rings. The summed E-state index contributed by atoms with van der Waals surface area (Å²) in [5.41, 5.74) is 5.82. The van der Waals surface area contributed by atoms with Crippen molar-refractivity contribution in [3.8, 4) is 0 Å². The molecular weight excluding hydrogens is 182 g/mol. The third-order valence-electron chi connectivity index (χ3n) is 1.61. The maximum atomic E-state index is 4.50. The van der Waals surface area contributed by atoms with Crippen LogP contribution in [-0.2, 0) is 0 Å². The van der Waals surface area contributed by atoms with E-state index in [4.69, 9.17) is 0 Å². The van der Waals surface area contributed by atoms with Crippen molar-refractivity contribution in [3.05, 3.63) is 72.3 Å². The fourth-order valence-electron chi connectivity index (χ4n) is 0.919. The van der Waals surface area contributed by atoms with Crippen LogP contribution in [0.15, 0.2) is 66.7 Å². The highest BCUT2D eigenvalue weighted by Gasteiger charge is 1.72. The van der Waals surface area contributed by atoms with E-state index in [1.165, 1.54) is 12.6 Å². The van der Waals surface area contributed by atoms with Crippen molar-refractivity contribution in [2.75, 3.05) is 7.05 Å². The third-order valence-corrected chi connectivity index (χ3v) is 1.61. The minimum Gasteiger partial charge on any atom is -0.333 e. The molecule has 0 radical (unpaired) electrons. The Morgan fingerprint density at radius 1 is 0.600 bits per heavy atom. The van der Waals surface area contributed by atoms with Gasteiger partial charge in [0.05, 0.1) is 0 Å². The molecule has 1 heteroatoms. The van der Waals surface area contributed by atoms with Gasteiger partial charge in [-0.2, -0.15) is 0 Å². The van der Waals surface area contributed by atoms with Gasteiger partial charge in [-0.3, -0.25) is 0 Å². The summed E-state index contributed by atoms with van der Waals surface area (Å²) >= 11 is 0. The molecule has 0 aromatic heterocycles. The van der Waals surface area contributed by atoms with E-state index in [0.29, 0.717) is 0 Å². The SMILES string of the molecule is CN.Cc1ccccc1.c1ccccc1. The van der Waals surface area contributed by atoms with E-state index < -0.39 is 0 Å². The molecule has 0 spiro atoms. The summed E-state index contributed by atoms with van der Waals surface area (Å²) in [6.45, 7) is 2.08. The van der Waals surface area contributed by atoms with Gasteiger partial charge in [0.2, 0.25) is 0 Å². The van der Waals surface area contributed by atoms with Gasteiger partial charge in [-0.05, 0) is 14.0 Å². The number of rotatable bonds is 0. The van der Waals surface area contributed by atoms with E-state index in [1.807, 2.05) is 54.6 Å². The molecule has 0 saturated heterocycles. The zero-order chi connectivity index (χ0) is 11.4. The van der Waals surface area contributed by atoms with Gasteiger partial charge >= 0.3 is 0 Å². The van der Waals surface area contributed by atoms with Crippen LogP contribution in [0.1, 0.15) is 5.56 Å². The Hall–Kier alpha value is -1.60. The fourth-order valence-corrected chi connectivity index (χ4v) is 0.919. The van der Waals surface area contributed by atoms with Gasteiger partial charge < -0.3 is 5.73 Å². The number of benzene rings is 2. The fraction of sp³-hybridized carbons (Fsp3) is 0.143. The Balaban J connectivity index is 0.000000227. The van der Waals surface area contributed by atoms with Crippen molar-refractivity contribution >= 4 is 0 Å². The molecule has 0 aliphatic rings. The smallest absolute Gasteiger partial charge is 0.0195 e. The molecule has 80 valence electrons. The Labute approximate surface area is 92.6 Å². The van der Waals surface area contributed by atoms with Crippen molar-refractivity contribution < 1.29 is 0 Å². The van der Waals surface area contributed by atoms with Gasteiger partial charge in [-0.15, -0.1) is 0 Å². The highest BCUT2D eigenvalue weighted by molar-refractivity contribution is 5.11. The summed E-state index contributed by atoms with van der Waals surface area (Å²) < 4.78 is 0. The minimum atomic E-state index is 1.32. The number of hydrogen-bond donors (Lipinski definition) is 1. The van der Waals surface area contributed by atoms with Crippen LogP contribution in [0.4, 0.5) is 0 Å².